The maximum atomic E-state index is 12.3. The van der Waals surface area contributed by atoms with Crippen LogP contribution in [0.1, 0.15) is 18.9 Å². The summed E-state index contributed by atoms with van der Waals surface area (Å²) < 4.78 is 9.71. The van der Waals surface area contributed by atoms with E-state index in [-0.39, 0.29) is 6.61 Å². The van der Waals surface area contributed by atoms with Crippen LogP contribution in [0.3, 0.4) is 0 Å². The minimum Gasteiger partial charge on any atom is -0.467 e. The van der Waals surface area contributed by atoms with E-state index in [2.05, 4.69) is 15.4 Å². The van der Waals surface area contributed by atoms with Gasteiger partial charge in [0.15, 0.2) is 0 Å². The summed E-state index contributed by atoms with van der Waals surface area (Å²) in [6.45, 7) is 1.63. The Labute approximate surface area is 151 Å². The first-order valence-corrected chi connectivity index (χ1v) is 9.21. The highest BCUT2D eigenvalue weighted by Crippen LogP contribution is 2.04. The minimum absolute atomic E-state index is 0.113. The smallest absolute Gasteiger partial charge is 0.408 e. The van der Waals surface area contributed by atoms with Crippen LogP contribution in [-0.4, -0.2) is 49.2 Å². The Kier molecular flexibility index (Phi) is 9.46. The van der Waals surface area contributed by atoms with Crippen molar-refractivity contribution in [2.75, 3.05) is 19.1 Å². The average molecular weight is 368 g/mol. The van der Waals surface area contributed by atoms with Gasteiger partial charge in [-0.05, 0) is 30.9 Å². The van der Waals surface area contributed by atoms with Crippen LogP contribution in [0.5, 0.6) is 0 Å². The van der Waals surface area contributed by atoms with Gasteiger partial charge in [0, 0.05) is 0 Å². The number of carbonyl (C=O) groups is 3. The van der Waals surface area contributed by atoms with Crippen LogP contribution in [0.4, 0.5) is 4.79 Å². The number of nitrogens with one attached hydrogen (secondary N) is 2. The summed E-state index contributed by atoms with van der Waals surface area (Å²) in [5.74, 6) is -0.337. The van der Waals surface area contributed by atoms with E-state index >= 15 is 0 Å². The van der Waals surface area contributed by atoms with Gasteiger partial charge in [0.2, 0.25) is 5.91 Å². The zero-order chi connectivity index (χ0) is 18.7. The van der Waals surface area contributed by atoms with Crippen molar-refractivity contribution in [2.24, 2.45) is 0 Å². The second-order valence-electron chi connectivity index (χ2n) is 5.29. The van der Waals surface area contributed by atoms with Crippen LogP contribution in [0.15, 0.2) is 30.3 Å². The molecule has 2 N–H and O–H groups in total. The molecule has 0 saturated carbocycles. The lowest BCUT2D eigenvalue weighted by atomic mass is 10.2. The molecular weight excluding hydrogens is 344 g/mol. The van der Waals surface area contributed by atoms with Crippen molar-refractivity contribution in [3.8, 4) is 0 Å². The predicted molar refractivity (Wildman–Crippen MR) is 96.2 cm³/mol. The predicted octanol–water partition coefficient (Wildman–Crippen LogP) is 1.71. The average Bonchev–Trinajstić information content (AvgIpc) is 2.63. The monoisotopic (exact) mass is 368 g/mol. The van der Waals surface area contributed by atoms with Crippen molar-refractivity contribution in [1.82, 2.24) is 10.6 Å². The quantitative estimate of drug-likeness (QED) is 0.645. The molecule has 2 atom stereocenters. The van der Waals surface area contributed by atoms with Crippen molar-refractivity contribution >= 4 is 29.7 Å². The summed E-state index contributed by atoms with van der Waals surface area (Å²) in [6, 6.07) is 7.65. The van der Waals surface area contributed by atoms with E-state index in [0.29, 0.717) is 12.2 Å². The number of rotatable bonds is 9. The molecule has 1 aromatic carbocycles. The number of ether oxygens (including phenoxy) is 2. The molecule has 0 heterocycles. The number of thioether (sulfide) groups is 1. The van der Waals surface area contributed by atoms with Crippen LogP contribution in [0.25, 0.3) is 0 Å². The van der Waals surface area contributed by atoms with Crippen LogP contribution in [0.2, 0.25) is 0 Å². The lowest BCUT2D eigenvalue weighted by molar-refractivity contribution is -0.144. The molecular formula is C17H24N2O5S. The maximum Gasteiger partial charge on any atom is 0.408 e. The van der Waals surface area contributed by atoms with Gasteiger partial charge in [0.1, 0.15) is 18.7 Å². The zero-order valence-electron chi connectivity index (χ0n) is 14.6. The summed E-state index contributed by atoms with van der Waals surface area (Å²) in [4.78, 5) is 35.7. The van der Waals surface area contributed by atoms with E-state index < -0.39 is 30.1 Å². The highest BCUT2D eigenvalue weighted by molar-refractivity contribution is 7.98. The van der Waals surface area contributed by atoms with E-state index in [1.165, 1.54) is 14.0 Å². The zero-order valence-corrected chi connectivity index (χ0v) is 15.4. The van der Waals surface area contributed by atoms with Gasteiger partial charge in [-0.25, -0.2) is 9.59 Å². The minimum atomic E-state index is -0.795. The molecule has 8 heteroatoms. The van der Waals surface area contributed by atoms with E-state index in [0.717, 1.165) is 5.56 Å². The number of hydrogen-bond acceptors (Lipinski definition) is 6. The first kappa shape index (κ1) is 20.8. The number of amides is 2. The highest BCUT2D eigenvalue weighted by atomic mass is 32.2. The lowest BCUT2D eigenvalue weighted by Crippen LogP contribution is -2.51. The molecule has 1 rings (SSSR count). The number of esters is 1. The highest BCUT2D eigenvalue weighted by Gasteiger charge is 2.24. The third-order valence-electron chi connectivity index (χ3n) is 3.35. The second-order valence-corrected chi connectivity index (χ2v) is 6.28. The van der Waals surface area contributed by atoms with Crippen molar-refractivity contribution in [3.05, 3.63) is 35.9 Å². The molecule has 0 unspecified atom stereocenters. The molecule has 2 amide bonds. The third kappa shape index (κ3) is 7.93. The fraction of sp³-hybridized carbons (Fsp3) is 0.471. The number of methoxy groups -OCH3 is 1. The van der Waals surface area contributed by atoms with Gasteiger partial charge in [-0.3, -0.25) is 4.79 Å². The standard InChI is InChI=1S/C17H24N2O5S/c1-12(16(21)23-2)18-15(20)14(9-10-25-3)19-17(22)24-11-13-7-5-4-6-8-13/h4-8,12,14H,9-11H2,1-3H3,(H,18,20)(H,19,22)/t12-,14+/m0/s1. The summed E-state index contributed by atoms with van der Waals surface area (Å²) in [5.41, 5.74) is 0.849. The normalized spacial score (nSPS) is 12.6. The van der Waals surface area contributed by atoms with Gasteiger partial charge in [0.05, 0.1) is 7.11 Å². The molecule has 1 aromatic rings. The summed E-state index contributed by atoms with van der Waals surface area (Å²) >= 11 is 1.55. The van der Waals surface area contributed by atoms with Crippen LogP contribution in [0, 0.1) is 0 Å². The summed E-state index contributed by atoms with van der Waals surface area (Å²) in [6.07, 6.45) is 1.64. The molecule has 0 saturated heterocycles. The van der Waals surface area contributed by atoms with Crippen LogP contribution < -0.4 is 10.6 Å². The molecule has 0 spiro atoms. The topological polar surface area (TPSA) is 93.7 Å². The number of benzene rings is 1. The Morgan fingerprint density at radius 2 is 1.84 bits per heavy atom. The molecule has 7 nitrogen and oxygen atoms in total. The van der Waals surface area contributed by atoms with E-state index in [9.17, 15) is 14.4 Å². The lowest BCUT2D eigenvalue weighted by Gasteiger charge is -2.20. The van der Waals surface area contributed by atoms with Gasteiger partial charge in [-0.15, -0.1) is 0 Å². The number of alkyl carbamates (subject to hydrolysis) is 1. The van der Waals surface area contributed by atoms with Crippen molar-refractivity contribution in [3.63, 3.8) is 0 Å². The Bertz CT molecular complexity index is 567. The van der Waals surface area contributed by atoms with Gasteiger partial charge in [-0.2, -0.15) is 11.8 Å². The van der Waals surface area contributed by atoms with Gasteiger partial charge >= 0.3 is 12.1 Å². The van der Waals surface area contributed by atoms with Gasteiger partial charge in [-0.1, -0.05) is 30.3 Å². The summed E-state index contributed by atoms with van der Waals surface area (Å²) in [5, 5.41) is 5.07. The number of hydrogen-bond donors (Lipinski definition) is 2. The first-order chi connectivity index (χ1) is 12.0. The third-order valence-corrected chi connectivity index (χ3v) is 3.99. The Morgan fingerprint density at radius 1 is 1.16 bits per heavy atom. The molecule has 0 aliphatic rings. The molecule has 0 aliphatic heterocycles. The molecule has 0 fully saturated rings. The van der Waals surface area contributed by atoms with Gasteiger partial charge in [0.25, 0.3) is 0 Å². The SMILES string of the molecule is COC(=O)[C@H](C)NC(=O)[C@@H](CCSC)NC(=O)OCc1ccccc1. The van der Waals surface area contributed by atoms with Crippen molar-refractivity contribution in [1.29, 1.82) is 0 Å². The van der Waals surface area contributed by atoms with E-state index in [1.807, 2.05) is 36.6 Å². The first-order valence-electron chi connectivity index (χ1n) is 7.82. The summed E-state index contributed by atoms with van der Waals surface area (Å²) in [7, 11) is 1.25. The molecule has 0 aromatic heterocycles. The van der Waals surface area contributed by atoms with Crippen molar-refractivity contribution < 1.29 is 23.9 Å². The Morgan fingerprint density at radius 3 is 2.44 bits per heavy atom. The van der Waals surface area contributed by atoms with Crippen LogP contribution in [-0.2, 0) is 25.7 Å². The Balaban J connectivity index is 2.57. The van der Waals surface area contributed by atoms with Gasteiger partial charge < -0.3 is 20.1 Å². The Hall–Kier alpha value is -2.22. The second kappa shape index (κ2) is 11.4. The molecule has 25 heavy (non-hydrogen) atoms. The maximum absolute atomic E-state index is 12.3. The molecule has 0 aliphatic carbocycles. The molecule has 0 radical (unpaired) electrons. The number of carbonyl (C=O) groups excluding carboxylic acids is 3. The van der Waals surface area contributed by atoms with E-state index in [1.54, 1.807) is 11.8 Å². The molecule has 0 bridgehead atoms. The molecule has 138 valence electrons. The van der Waals surface area contributed by atoms with E-state index in [4.69, 9.17) is 4.74 Å². The van der Waals surface area contributed by atoms with Crippen LogP contribution >= 0.6 is 11.8 Å². The fourth-order valence-electron chi connectivity index (χ4n) is 1.96. The fourth-order valence-corrected chi connectivity index (χ4v) is 2.43. The van der Waals surface area contributed by atoms with Crippen molar-refractivity contribution in [2.45, 2.75) is 32.0 Å². The largest absolute Gasteiger partial charge is 0.467 e.